The van der Waals surface area contributed by atoms with Crippen molar-refractivity contribution in [1.82, 2.24) is 9.55 Å². The van der Waals surface area contributed by atoms with Gasteiger partial charge in [-0.3, -0.25) is 10.4 Å². The molecular formula is C26H22N4O2. The van der Waals surface area contributed by atoms with Crippen molar-refractivity contribution in [1.29, 1.82) is 0 Å². The zero-order valence-corrected chi connectivity index (χ0v) is 17.9. The van der Waals surface area contributed by atoms with Crippen molar-refractivity contribution in [3.63, 3.8) is 0 Å². The number of benzene rings is 3. The number of pyridine rings is 1. The summed E-state index contributed by atoms with van der Waals surface area (Å²) in [6.07, 6.45) is 1.85. The number of hydrazone groups is 1. The van der Waals surface area contributed by atoms with E-state index in [9.17, 15) is 0 Å². The van der Waals surface area contributed by atoms with Gasteiger partial charge >= 0.3 is 0 Å². The SMILES string of the molecule is CCn1c2ccccc2c2cc(C=NNc3cc(C)nc4cc5c(cc34)OCO5)ccc21. The van der Waals surface area contributed by atoms with Crippen LogP contribution in [0.25, 0.3) is 32.7 Å². The first-order chi connectivity index (χ1) is 15.7. The maximum atomic E-state index is 5.53. The van der Waals surface area contributed by atoms with Gasteiger partial charge in [-0.05, 0) is 49.7 Å². The molecule has 1 aliphatic rings. The summed E-state index contributed by atoms with van der Waals surface area (Å²) in [5, 5.41) is 7.98. The molecule has 158 valence electrons. The molecule has 2 aromatic heterocycles. The number of hydrogen-bond donors (Lipinski definition) is 1. The van der Waals surface area contributed by atoms with Crippen LogP contribution in [0.1, 0.15) is 18.2 Å². The molecule has 32 heavy (non-hydrogen) atoms. The smallest absolute Gasteiger partial charge is 0.231 e. The highest BCUT2D eigenvalue weighted by atomic mass is 16.7. The fourth-order valence-electron chi connectivity index (χ4n) is 4.51. The number of fused-ring (bicyclic) bond motifs is 5. The number of nitrogens with zero attached hydrogens (tertiary/aromatic N) is 3. The first-order valence-electron chi connectivity index (χ1n) is 10.7. The van der Waals surface area contributed by atoms with E-state index in [4.69, 9.17) is 9.47 Å². The van der Waals surface area contributed by atoms with Crippen LogP contribution < -0.4 is 14.9 Å². The average molecular weight is 422 g/mol. The number of anilines is 1. The van der Waals surface area contributed by atoms with Gasteiger partial charge in [-0.25, -0.2) is 0 Å². The van der Waals surface area contributed by atoms with E-state index in [2.05, 4.69) is 69.5 Å². The van der Waals surface area contributed by atoms with Crippen LogP contribution in [0.4, 0.5) is 5.69 Å². The van der Waals surface area contributed by atoms with Crippen molar-refractivity contribution in [3.8, 4) is 11.5 Å². The number of nitrogens with one attached hydrogen (secondary N) is 1. The highest BCUT2D eigenvalue weighted by Gasteiger charge is 2.16. The minimum atomic E-state index is 0.239. The van der Waals surface area contributed by atoms with Crippen LogP contribution in [-0.4, -0.2) is 22.6 Å². The van der Waals surface area contributed by atoms with Crippen molar-refractivity contribution in [3.05, 3.63) is 71.9 Å². The number of hydrogen-bond acceptors (Lipinski definition) is 5. The second-order valence-corrected chi connectivity index (χ2v) is 7.94. The average Bonchev–Trinajstić information content (AvgIpc) is 3.39. The van der Waals surface area contributed by atoms with E-state index in [-0.39, 0.29) is 6.79 Å². The Hall–Kier alpha value is -4.06. The van der Waals surface area contributed by atoms with E-state index < -0.39 is 0 Å². The van der Waals surface area contributed by atoms with Crippen LogP contribution in [0.2, 0.25) is 0 Å². The molecule has 0 fully saturated rings. The standard InChI is InChI=1S/C26H22N4O2/c1-3-30-23-7-5-4-6-18(23)19-11-17(8-9-24(19)30)14-27-29-22-10-16(2)28-21-13-26-25(12-20(21)22)31-15-32-26/h4-14H,3,15H2,1-2H3,(H,28,29). The Balaban J connectivity index is 1.36. The number of ether oxygens (including phenoxy) is 2. The number of aromatic nitrogens is 2. The quantitative estimate of drug-likeness (QED) is 0.292. The molecule has 1 N–H and O–H groups in total. The van der Waals surface area contributed by atoms with Gasteiger partial charge in [-0.2, -0.15) is 5.10 Å². The zero-order valence-electron chi connectivity index (χ0n) is 17.9. The molecule has 0 unspecified atom stereocenters. The van der Waals surface area contributed by atoms with Crippen LogP contribution >= 0.6 is 0 Å². The van der Waals surface area contributed by atoms with Crippen LogP contribution in [0.5, 0.6) is 11.5 Å². The molecule has 0 saturated carbocycles. The van der Waals surface area contributed by atoms with Gasteiger partial charge < -0.3 is 14.0 Å². The van der Waals surface area contributed by atoms with Gasteiger partial charge in [-0.1, -0.05) is 24.3 Å². The molecule has 0 aliphatic carbocycles. The lowest BCUT2D eigenvalue weighted by molar-refractivity contribution is 0.174. The van der Waals surface area contributed by atoms with E-state index in [1.165, 1.54) is 21.8 Å². The molecule has 3 aromatic carbocycles. The second-order valence-electron chi connectivity index (χ2n) is 7.94. The minimum absolute atomic E-state index is 0.239. The van der Waals surface area contributed by atoms with Gasteiger partial charge in [0, 0.05) is 45.5 Å². The molecule has 0 spiro atoms. The molecule has 1 aliphatic heterocycles. The molecule has 0 radical (unpaired) electrons. The molecule has 6 nitrogen and oxygen atoms in total. The summed E-state index contributed by atoms with van der Waals surface area (Å²) >= 11 is 0. The van der Waals surface area contributed by atoms with Gasteiger partial charge in [0.05, 0.1) is 17.4 Å². The summed E-state index contributed by atoms with van der Waals surface area (Å²) in [6.45, 7) is 5.32. The Labute approximate surface area is 185 Å². The third-order valence-electron chi connectivity index (χ3n) is 5.94. The molecule has 0 bridgehead atoms. The third-order valence-corrected chi connectivity index (χ3v) is 5.94. The van der Waals surface area contributed by atoms with Gasteiger partial charge in [-0.15, -0.1) is 0 Å². The topological polar surface area (TPSA) is 60.7 Å². The van der Waals surface area contributed by atoms with Crippen molar-refractivity contribution < 1.29 is 9.47 Å². The van der Waals surface area contributed by atoms with Crippen molar-refractivity contribution in [2.45, 2.75) is 20.4 Å². The van der Waals surface area contributed by atoms with Crippen LogP contribution in [-0.2, 0) is 6.54 Å². The predicted octanol–water partition coefficient (Wildman–Crippen LogP) is 5.85. The normalized spacial score (nSPS) is 13.1. The Morgan fingerprint density at radius 1 is 0.969 bits per heavy atom. The number of para-hydroxylation sites is 1. The summed E-state index contributed by atoms with van der Waals surface area (Å²) in [6, 6.07) is 20.9. The fraction of sp³-hybridized carbons (Fsp3) is 0.154. The first-order valence-corrected chi connectivity index (χ1v) is 10.7. The van der Waals surface area contributed by atoms with Gasteiger partial charge in [0.15, 0.2) is 11.5 Å². The highest BCUT2D eigenvalue weighted by molar-refractivity contribution is 6.09. The summed E-state index contributed by atoms with van der Waals surface area (Å²) in [4.78, 5) is 4.62. The molecule has 6 heteroatoms. The Bertz CT molecular complexity index is 1530. The summed E-state index contributed by atoms with van der Waals surface area (Å²) < 4.78 is 13.4. The molecule has 0 amide bonds. The van der Waals surface area contributed by atoms with Gasteiger partial charge in [0.1, 0.15) is 0 Å². The van der Waals surface area contributed by atoms with E-state index in [0.29, 0.717) is 0 Å². The van der Waals surface area contributed by atoms with E-state index >= 15 is 0 Å². The number of rotatable bonds is 4. The summed E-state index contributed by atoms with van der Waals surface area (Å²) in [7, 11) is 0. The molecule has 5 aromatic rings. The van der Waals surface area contributed by atoms with Crippen LogP contribution in [0.15, 0.2) is 65.8 Å². The lowest BCUT2D eigenvalue weighted by Gasteiger charge is -2.08. The van der Waals surface area contributed by atoms with E-state index in [0.717, 1.165) is 45.9 Å². The van der Waals surface area contributed by atoms with Crippen molar-refractivity contribution >= 4 is 44.6 Å². The maximum Gasteiger partial charge on any atom is 0.231 e. The van der Waals surface area contributed by atoms with E-state index in [1.54, 1.807) is 0 Å². The first kappa shape index (κ1) is 18.7. The minimum Gasteiger partial charge on any atom is -0.454 e. The molecular weight excluding hydrogens is 400 g/mol. The molecule has 6 rings (SSSR count). The summed E-state index contributed by atoms with van der Waals surface area (Å²) in [5.74, 6) is 1.46. The lowest BCUT2D eigenvalue weighted by atomic mass is 10.1. The van der Waals surface area contributed by atoms with Gasteiger partial charge in [0.2, 0.25) is 6.79 Å². The van der Waals surface area contributed by atoms with Crippen LogP contribution in [0.3, 0.4) is 0 Å². The maximum absolute atomic E-state index is 5.53. The highest BCUT2D eigenvalue weighted by Crippen LogP contribution is 2.38. The molecule has 0 atom stereocenters. The van der Waals surface area contributed by atoms with Crippen molar-refractivity contribution in [2.24, 2.45) is 5.10 Å². The monoisotopic (exact) mass is 422 g/mol. The predicted molar refractivity (Wildman–Crippen MR) is 129 cm³/mol. The number of aryl methyl sites for hydroxylation is 2. The van der Waals surface area contributed by atoms with Crippen LogP contribution in [0, 0.1) is 6.92 Å². The van der Waals surface area contributed by atoms with E-state index in [1.807, 2.05) is 31.3 Å². The Morgan fingerprint density at radius 3 is 2.66 bits per heavy atom. The third kappa shape index (κ3) is 2.95. The van der Waals surface area contributed by atoms with Crippen molar-refractivity contribution in [2.75, 3.05) is 12.2 Å². The Kier molecular flexibility index (Phi) is 4.24. The Morgan fingerprint density at radius 2 is 1.78 bits per heavy atom. The second kappa shape index (κ2) is 7.27. The summed E-state index contributed by atoms with van der Waals surface area (Å²) in [5.41, 5.74) is 9.37. The largest absolute Gasteiger partial charge is 0.454 e. The lowest BCUT2D eigenvalue weighted by Crippen LogP contribution is -1.95. The molecule has 0 saturated heterocycles. The molecule has 3 heterocycles. The zero-order chi connectivity index (χ0) is 21.7. The van der Waals surface area contributed by atoms with Gasteiger partial charge in [0.25, 0.3) is 0 Å². The fourth-order valence-corrected chi connectivity index (χ4v) is 4.51.